The van der Waals surface area contributed by atoms with E-state index in [9.17, 15) is 8.78 Å². The van der Waals surface area contributed by atoms with E-state index in [0.29, 0.717) is 14.6 Å². The van der Waals surface area contributed by atoms with Gasteiger partial charge in [0.1, 0.15) is 11.6 Å². The van der Waals surface area contributed by atoms with Crippen LogP contribution in [0.25, 0.3) is 0 Å². The van der Waals surface area contributed by atoms with E-state index in [2.05, 4.69) is 37.2 Å². The Kier molecular flexibility index (Phi) is 4.58. The molecule has 100 valence electrons. The highest BCUT2D eigenvalue weighted by molar-refractivity contribution is 9.10. The van der Waals surface area contributed by atoms with Crippen molar-refractivity contribution in [3.63, 3.8) is 0 Å². The molecule has 0 aromatic heterocycles. The van der Waals surface area contributed by atoms with Crippen LogP contribution in [0, 0.1) is 11.6 Å². The Hall–Kier alpha value is -0.940. The highest BCUT2D eigenvalue weighted by Gasteiger charge is 2.11. The SMILES string of the molecule is CC(Nc1ccc(Br)c(F)c1)c1ccc(F)cc1Br. The molecule has 0 aliphatic carbocycles. The number of nitrogens with one attached hydrogen (secondary N) is 1. The first-order chi connectivity index (χ1) is 8.97. The molecule has 1 N–H and O–H groups in total. The molecule has 0 aliphatic heterocycles. The summed E-state index contributed by atoms with van der Waals surface area (Å²) in [5.74, 6) is -0.618. The van der Waals surface area contributed by atoms with E-state index in [4.69, 9.17) is 0 Å². The standard InChI is InChI=1S/C14H11Br2F2N/c1-8(11-4-2-9(17)6-13(11)16)19-10-3-5-12(15)14(18)7-10/h2-8,19H,1H3. The van der Waals surface area contributed by atoms with Gasteiger partial charge in [0.15, 0.2) is 0 Å². The zero-order valence-electron chi connectivity index (χ0n) is 10.1. The quantitative estimate of drug-likeness (QED) is 0.712. The predicted molar refractivity (Wildman–Crippen MR) is 80.2 cm³/mol. The summed E-state index contributed by atoms with van der Waals surface area (Å²) in [7, 11) is 0. The van der Waals surface area contributed by atoms with Gasteiger partial charge >= 0.3 is 0 Å². The molecule has 0 fully saturated rings. The lowest BCUT2D eigenvalue weighted by Gasteiger charge is -2.17. The highest BCUT2D eigenvalue weighted by atomic mass is 79.9. The van der Waals surface area contributed by atoms with Crippen LogP contribution in [0.1, 0.15) is 18.5 Å². The molecule has 1 atom stereocenters. The van der Waals surface area contributed by atoms with Crippen LogP contribution in [0.4, 0.5) is 14.5 Å². The largest absolute Gasteiger partial charge is 0.378 e. The van der Waals surface area contributed by atoms with E-state index in [1.165, 1.54) is 18.2 Å². The minimum Gasteiger partial charge on any atom is -0.378 e. The molecule has 0 radical (unpaired) electrons. The Labute approximate surface area is 127 Å². The van der Waals surface area contributed by atoms with Crippen molar-refractivity contribution in [3.05, 3.63) is 62.5 Å². The maximum atomic E-state index is 13.4. The molecule has 2 aromatic carbocycles. The van der Waals surface area contributed by atoms with Gasteiger partial charge in [0.05, 0.1) is 4.47 Å². The lowest BCUT2D eigenvalue weighted by molar-refractivity contribution is 0.621. The number of benzene rings is 2. The normalized spacial score (nSPS) is 12.3. The minimum atomic E-state index is -0.324. The molecule has 19 heavy (non-hydrogen) atoms. The van der Waals surface area contributed by atoms with E-state index in [-0.39, 0.29) is 17.7 Å². The number of anilines is 1. The summed E-state index contributed by atoms with van der Waals surface area (Å²) >= 11 is 6.43. The second-order valence-electron chi connectivity index (χ2n) is 4.16. The molecule has 2 rings (SSSR count). The molecule has 2 aromatic rings. The van der Waals surface area contributed by atoms with Crippen molar-refractivity contribution in [2.24, 2.45) is 0 Å². The van der Waals surface area contributed by atoms with Gasteiger partial charge in [-0.2, -0.15) is 0 Å². The van der Waals surface area contributed by atoms with Crippen LogP contribution >= 0.6 is 31.9 Å². The molecule has 0 bridgehead atoms. The smallest absolute Gasteiger partial charge is 0.139 e. The van der Waals surface area contributed by atoms with E-state index >= 15 is 0 Å². The molecule has 1 unspecified atom stereocenters. The Morgan fingerprint density at radius 3 is 2.37 bits per heavy atom. The molecule has 5 heteroatoms. The van der Waals surface area contributed by atoms with Gasteiger partial charge in [-0.05, 0) is 58.7 Å². The van der Waals surface area contributed by atoms with Gasteiger partial charge in [-0.1, -0.05) is 22.0 Å². The van der Waals surface area contributed by atoms with Crippen molar-refractivity contribution >= 4 is 37.5 Å². The van der Waals surface area contributed by atoms with Gasteiger partial charge in [0, 0.05) is 16.2 Å². The summed E-state index contributed by atoms with van der Waals surface area (Å²) < 4.78 is 27.6. The van der Waals surface area contributed by atoms with Crippen LogP contribution in [0.5, 0.6) is 0 Å². The Morgan fingerprint density at radius 1 is 1.00 bits per heavy atom. The third-order valence-corrected chi connectivity index (χ3v) is 4.06. The molecule has 0 saturated heterocycles. The molecular weight excluding hydrogens is 380 g/mol. The van der Waals surface area contributed by atoms with Gasteiger partial charge in [-0.25, -0.2) is 8.78 Å². The first-order valence-corrected chi connectivity index (χ1v) is 7.22. The van der Waals surface area contributed by atoms with Crippen molar-refractivity contribution in [1.82, 2.24) is 0 Å². The Bertz CT molecular complexity index is 602. The van der Waals surface area contributed by atoms with Crippen molar-refractivity contribution < 1.29 is 8.78 Å². The topological polar surface area (TPSA) is 12.0 Å². The second kappa shape index (κ2) is 6.01. The molecular formula is C14H11Br2F2N. The van der Waals surface area contributed by atoms with Crippen LogP contribution in [-0.4, -0.2) is 0 Å². The molecule has 1 nitrogen and oxygen atoms in total. The van der Waals surface area contributed by atoms with E-state index in [1.54, 1.807) is 18.2 Å². The maximum Gasteiger partial charge on any atom is 0.139 e. The van der Waals surface area contributed by atoms with E-state index in [0.717, 1.165) is 5.56 Å². The van der Waals surface area contributed by atoms with Gasteiger partial charge < -0.3 is 5.32 Å². The molecule has 0 spiro atoms. The third kappa shape index (κ3) is 3.54. The zero-order valence-corrected chi connectivity index (χ0v) is 13.2. The summed E-state index contributed by atoms with van der Waals surface area (Å²) in [6, 6.07) is 9.28. The number of halogens is 4. The van der Waals surface area contributed by atoms with Crippen LogP contribution in [0.2, 0.25) is 0 Å². The van der Waals surface area contributed by atoms with E-state index < -0.39 is 0 Å². The minimum absolute atomic E-state index is 0.0736. The number of hydrogen-bond donors (Lipinski definition) is 1. The van der Waals surface area contributed by atoms with E-state index in [1.807, 2.05) is 6.92 Å². The summed E-state index contributed by atoms with van der Waals surface area (Å²) in [6.45, 7) is 1.93. The molecule has 0 saturated carbocycles. The lowest BCUT2D eigenvalue weighted by atomic mass is 10.1. The molecule has 0 amide bonds. The summed E-state index contributed by atoms with van der Waals surface area (Å²) in [6.07, 6.45) is 0. The fourth-order valence-corrected chi connectivity index (χ4v) is 2.71. The zero-order chi connectivity index (χ0) is 14.0. The van der Waals surface area contributed by atoms with Crippen LogP contribution in [0.15, 0.2) is 45.3 Å². The maximum absolute atomic E-state index is 13.4. The van der Waals surface area contributed by atoms with Gasteiger partial charge in [-0.3, -0.25) is 0 Å². The lowest BCUT2D eigenvalue weighted by Crippen LogP contribution is -2.07. The average Bonchev–Trinajstić information content (AvgIpc) is 2.33. The van der Waals surface area contributed by atoms with Crippen molar-refractivity contribution in [2.75, 3.05) is 5.32 Å². The fourth-order valence-electron chi connectivity index (χ4n) is 1.77. The summed E-state index contributed by atoms with van der Waals surface area (Å²) in [5.41, 5.74) is 1.58. The number of rotatable bonds is 3. The molecule has 0 aliphatic rings. The van der Waals surface area contributed by atoms with Crippen LogP contribution in [-0.2, 0) is 0 Å². The fraction of sp³-hybridized carbons (Fsp3) is 0.143. The van der Waals surface area contributed by atoms with Crippen LogP contribution in [0.3, 0.4) is 0 Å². The Balaban J connectivity index is 2.20. The number of hydrogen-bond acceptors (Lipinski definition) is 1. The van der Waals surface area contributed by atoms with Crippen molar-refractivity contribution in [3.8, 4) is 0 Å². The van der Waals surface area contributed by atoms with Gasteiger partial charge in [0.2, 0.25) is 0 Å². The predicted octanol–water partition coefficient (Wildman–Crippen LogP) is 5.66. The van der Waals surface area contributed by atoms with Gasteiger partial charge in [0.25, 0.3) is 0 Å². The summed E-state index contributed by atoms with van der Waals surface area (Å²) in [4.78, 5) is 0. The summed E-state index contributed by atoms with van der Waals surface area (Å²) in [5, 5.41) is 3.17. The third-order valence-electron chi connectivity index (χ3n) is 2.73. The van der Waals surface area contributed by atoms with Crippen molar-refractivity contribution in [1.29, 1.82) is 0 Å². The van der Waals surface area contributed by atoms with Crippen molar-refractivity contribution in [2.45, 2.75) is 13.0 Å². The van der Waals surface area contributed by atoms with Crippen LogP contribution < -0.4 is 5.32 Å². The first-order valence-electron chi connectivity index (χ1n) is 5.64. The highest BCUT2D eigenvalue weighted by Crippen LogP contribution is 2.28. The second-order valence-corrected chi connectivity index (χ2v) is 5.87. The first kappa shape index (κ1) is 14.5. The average molecular weight is 391 g/mol. The van der Waals surface area contributed by atoms with Gasteiger partial charge in [-0.15, -0.1) is 0 Å². The Morgan fingerprint density at radius 2 is 1.74 bits per heavy atom. The monoisotopic (exact) mass is 389 g/mol. The molecule has 0 heterocycles.